The number of hydrogen-bond acceptors (Lipinski definition) is 3. The summed E-state index contributed by atoms with van der Waals surface area (Å²) in [5.74, 6) is 0.218. The van der Waals surface area contributed by atoms with Crippen molar-refractivity contribution in [1.82, 2.24) is 15.2 Å². The quantitative estimate of drug-likeness (QED) is 0.587. The number of aromatic amines is 1. The summed E-state index contributed by atoms with van der Waals surface area (Å²) >= 11 is 0. The number of aromatic nitrogens is 1. The largest absolute Gasteiger partial charge is 0.350 e. The highest BCUT2D eigenvalue weighted by molar-refractivity contribution is 5.98. The molecule has 170 valence electrons. The molecule has 0 unspecified atom stereocenters. The number of amides is 1. The lowest BCUT2D eigenvalue weighted by atomic mass is 9.84. The molecule has 5 nitrogen and oxygen atoms in total. The van der Waals surface area contributed by atoms with Crippen molar-refractivity contribution in [3.05, 3.63) is 70.7 Å². The maximum Gasteiger partial charge on any atom is 0.267 e. The van der Waals surface area contributed by atoms with Crippen LogP contribution in [0.1, 0.15) is 59.3 Å². The number of benzene rings is 2. The first-order chi connectivity index (χ1) is 16.1. The van der Waals surface area contributed by atoms with Gasteiger partial charge in [-0.3, -0.25) is 9.69 Å². The Kier molecular flexibility index (Phi) is 6.15. The molecule has 1 saturated carbocycles. The highest BCUT2D eigenvalue weighted by Crippen LogP contribution is 2.29. The maximum atomic E-state index is 13.9. The average molecular weight is 445 g/mol. The molecule has 0 saturated heterocycles. The molecule has 0 radical (unpaired) electrons. The third-order valence-corrected chi connectivity index (χ3v) is 7.32. The van der Waals surface area contributed by atoms with Crippen LogP contribution in [-0.2, 0) is 13.0 Å². The second-order valence-corrected chi connectivity index (χ2v) is 9.49. The van der Waals surface area contributed by atoms with E-state index in [9.17, 15) is 9.18 Å². The van der Waals surface area contributed by atoms with Crippen LogP contribution < -0.4 is 5.32 Å². The van der Waals surface area contributed by atoms with Gasteiger partial charge in [-0.25, -0.2) is 4.39 Å². The predicted octanol–water partition coefficient (Wildman–Crippen LogP) is 4.92. The van der Waals surface area contributed by atoms with E-state index in [2.05, 4.69) is 27.3 Å². The van der Waals surface area contributed by atoms with Crippen LogP contribution in [0.4, 0.5) is 4.39 Å². The van der Waals surface area contributed by atoms with Crippen LogP contribution in [0.25, 0.3) is 10.9 Å². The van der Waals surface area contributed by atoms with E-state index in [0.29, 0.717) is 22.5 Å². The van der Waals surface area contributed by atoms with E-state index in [1.807, 2.05) is 12.1 Å². The lowest BCUT2D eigenvalue weighted by Crippen LogP contribution is -2.38. The first-order valence-electron chi connectivity index (χ1n) is 11.9. The van der Waals surface area contributed by atoms with Crippen LogP contribution in [0.15, 0.2) is 42.5 Å². The summed E-state index contributed by atoms with van der Waals surface area (Å²) in [5.41, 5.74) is 4.48. The van der Waals surface area contributed by atoms with Crippen LogP contribution in [-0.4, -0.2) is 34.9 Å². The lowest BCUT2D eigenvalue weighted by molar-refractivity contribution is 0.0915. The summed E-state index contributed by atoms with van der Waals surface area (Å²) in [6.45, 7) is 3.09. The Morgan fingerprint density at radius 3 is 2.79 bits per heavy atom. The van der Waals surface area contributed by atoms with Gasteiger partial charge in [-0.05, 0) is 92.4 Å². The Bertz CT molecular complexity index is 1200. The van der Waals surface area contributed by atoms with E-state index in [4.69, 9.17) is 5.26 Å². The smallest absolute Gasteiger partial charge is 0.267 e. The first kappa shape index (κ1) is 21.7. The number of nitrogens with one attached hydrogen (secondary N) is 2. The molecule has 1 aliphatic carbocycles. The van der Waals surface area contributed by atoms with Crippen molar-refractivity contribution in [1.29, 1.82) is 5.26 Å². The topological polar surface area (TPSA) is 71.9 Å². The van der Waals surface area contributed by atoms with Gasteiger partial charge in [0.25, 0.3) is 5.91 Å². The van der Waals surface area contributed by atoms with Gasteiger partial charge in [0.1, 0.15) is 11.5 Å². The van der Waals surface area contributed by atoms with Gasteiger partial charge in [0.15, 0.2) is 0 Å². The minimum atomic E-state index is -0.314. The van der Waals surface area contributed by atoms with Gasteiger partial charge in [-0.15, -0.1) is 0 Å². The number of H-pyrrole nitrogens is 1. The van der Waals surface area contributed by atoms with Crippen molar-refractivity contribution in [2.75, 3.05) is 13.1 Å². The zero-order valence-corrected chi connectivity index (χ0v) is 18.7. The molecule has 1 amide bonds. The van der Waals surface area contributed by atoms with Crippen LogP contribution in [0.2, 0.25) is 0 Å². The molecule has 2 N–H and O–H groups in total. The van der Waals surface area contributed by atoms with Gasteiger partial charge < -0.3 is 10.3 Å². The molecule has 0 bridgehead atoms. The fourth-order valence-corrected chi connectivity index (χ4v) is 5.34. The molecule has 2 aliphatic rings. The Morgan fingerprint density at radius 1 is 1.15 bits per heavy atom. The van der Waals surface area contributed by atoms with Crippen LogP contribution in [0.3, 0.4) is 0 Å². The predicted molar refractivity (Wildman–Crippen MR) is 126 cm³/mol. The summed E-state index contributed by atoms with van der Waals surface area (Å²) in [5, 5.41) is 12.7. The van der Waals surface area contributed by atoms with Crippen molar-refractivity contribution >= 4 is 16.8 Å². The molecule has 3 aromatic rings. The van der Waals surface area contributed by atoms with E-state index < -0.39 is 0 Å². The Hall–Kier alpha value is -3.17. The second kappa shape index (κ2) is 9.36. The number of hydrogen-bond donors (Lipinski definition) is 2. The summed E-state index contributed by atoms with van der Waals surface area (Å²) in [7, 11) is 0. The highest BCUT2D eigenvalue weighted by atomic mass is 19.1. The molecule has 1 fully saturated rings. The van der Waals surface area contributed by atoms with E-state index in [-0.39, 0.29) is 17.8 Å². The SMILES string of the molecule is N#Cc1ccc2c(c1)CN(CCC1CCC(NC(=O)c3cc4c(F)cccc4[nH]3)CC1)CC2. The third kappa shape index (κ3) is 4.79. The number of fused-ring (bicyclic) bond motifs is 2. The van der Waals surface area contributed by atoms with Crippen molar-refractivity contribution in [2.24, 2.45) is 5.92 Å². The average Bonchev–Trinajstić information content (AvgIpc) is 3.29. The van der Waals surface area contributed by atoms with Gasteiger partial charge in [0.2, 0.25) is 0 Å². The zero-order chi connectivity index (χ0) is 22.8. The zero-order valence-electron chi connectivity index (χ0n) is 18.7. The molecule has 33 heavy (non-hydrogen) atoms. The summed E-state index contributed by atoms with van der Waals surface area (Å²) in [4.78, 5) is 18.2. The van der Waals surface area contributed by atoms with Crippen molar-refractivity contribution < 1.29 is 9.18 Å². The summed E-state index contributed by atoms with van der Waals surface area (Å²) in [6, 6.07) is 14.9. The van der Waals surface area contributed by atoms with Gasteiger partial charge >= 0.3 is 0 Å². The molecule has 0 spiro atoms. The number of halogens is 1. The fraction of sp³-hybridized carbons (Fsp3) is 0.407. The number of nitrogens with zero attached hydrogens (tertiary/aromatic N) is 2. The molecular formula is C27H29FN4O. The fourth-order valence-electron chi connectivity index (χ4n) is 5.34. The van der Waals surface area contributed by atoms with Gasteiger partial charge in [-0.2, -0.15) is 5.26 Å². The minimum absolute atomic E-state index is 0.155. The van der Waals surface area contributed by atoms with E-state index in [1.54, 1.807) is 18.2 Å². The van der Waals surface area contributed by atoms with E-state index in [1.165, 1.54) is 23.6 Å². The Labute approximate surface area is 193 Å². The van der Waals surface area contributed by atoms with E-state index in [0.717, 1.165) is 57.3 Å². The van der Waals surface area contributed by atoms with Crippen LogP contribution in [0, 0.1) is 23.1 Å². The molecule has 2 heterocycles. The molecule has 0 atom stereocenters. The second-order valence-electron chi connectivity index (χ2n) is 9.49. The number of carbonyl (C=O) groups excluding carboxylic acids is 1. The summed E-state index contributed by atoms with van der Waals surface area (Å²) in [6.07, 6.45) is 6.44. The first-order valence-corrected chi connectivity index (χ1v) is 11.9. The molecule has 1 aromatic heterocycles. The molecule has 6 heteroatoms. The standard InChI is InChI=1S/C27H29FN4O/c28-24-2-1-3-25-23(24)15-26(31-25)27(33)30-22-8-5-18(6-9-22)10-12-32-13-11-20-7-4-19(16-29)14-21(20)17-32/h1-4,7,14-15,18,22,31H,5-6,8-13,17H2,(H,30,33). The third-order valence-electron chi connectivity index (χ3n) is 7.32. The Morgan fingerprint density at radius 2 is 2.00 bits per heavy atom. The highest BCUT2D eigenvalue weighted by Gasteiger charge is 2.25. The molecule has 2 aromatic carbocycles. The number of nitriles is 1. The van der Waals surface area contributed by atoms with Gasteiger partial charge in [-0.1, -0.05) is 12.1 Å². The molecular weight excluding hydrogens is 415 g/mol. The summed E-state index contributed by atoms with van der Waals surface area (Å²) < 4.78 is 13.9. The molecule has 5 rings (SSSR count). The van der Waals surface area contributed by atoms with Crippen molar-refractivity contribution in [3.63, 3.8) is 0 Å². The van der Waals surface area contributed by atoms with Gasteiger partial charge in [0, 0.05) is 30.0 Å². The van der Waals surface area contributed by atoms with Crippen molar-refractivity contribution in [2.45, 2.75) is 51.1 Å². The van der Waals surface area contributed by atoms with Crippen LogP contribution in [0.5, 0.6) is 0 Å². The van der Waals surface area contributed by atoms with E-state index >= 15 is 0 Å². The number of carbonyl (C=O) groups is 1. The van der Waals surface area contributed by atoms with Crippen molar-refractivity contribution in [3.8, 4) is 6.07 Å². The lowest BCUT2D eigenvalue weighted by Gasteiger charge is -2.33. The molecule has 1 aliphatic heterocycles. The normalized spacial score (nSPS) is 20.8. The Balaban J connectivity index is 1.08. The monoisotopic (exact) mass is 444 g/mol. The van der Waals surface area contributed by atoms with Crippen LogP contribution >= 0.6 is 0 Å². The minimum Gasteiger partial charge on any atom is -0.350 e. The number of rotatable bonds is 5. The van der Waals surface area contributed by atoms with Gasteiger partial charge in [0.05, 0.1) is 11.6 Å². The maximum absolute atomic E-state index is 13.9.